The van der Waals surface area contributed by atoms with E-state index in [1.807, 2.05) is 0 Å². The maximum atomic E-state index is 13.3. The zero-order valence-corrected chi connectivity index (χ0v) is 18.4. The summed E-state index contributed by atoms with van der Waals surface area (Å²) in [6.45, 7) is 0. The highest BCUT2D eigenvalue weighted by atomic mass is 16.2. The van der Waals surface area contributed by atoms with Gasteiger partial charge in [0.1, 0.15) is 0 Å². The second-order valence-electron chi connectivity index (χ2n) is 8.15. The summed E-state index contributed by atoms with van der Waals surface area (Å²) in [5.41, 5.74) is 1.71. The molecule has 4 aromatic rings. The van der Waals surface area contributed by atoms with Crippen LogP contribution in [0.1, 0.15) is 57.4 Å². The van der Waals surface area contributed by atoms with E-state index in [0.29, 0.717) is 11.4 Å². The number of pyridine rings is 2. The fourth-order valence-corrected chi connectivity index (χ4v) is 4.39. The number of aromatic nitrogens is 2. The molecule has 2 aromatic carbocycles. The van der Waals surface area contributed by atoms with Gasteiger partial charge in [0.15, 0.2) is 5.78 Å². The summed E-state index contributed by atoms with van der Waals surface area (Å²) >= 11 is 0. The van der Waals surface area contributed by atoms with E-state index in [1.165, 1.54) is 61.2 Å². The lowest BCUT2D eigenvalue weighted by Gasteiger charge is -2.12. The molecule has 9 heteroatoms. The van der Waals surface area contributed by atoms with Gasteiger partial charge < -0.3 is 0 Å². The summed E-state index contributed by atoms with van der Waals surface area (Å²) in [7, 11) is 0. The van der Waals surface area contributed by atoms with Gasteiger partial charge in [0.2, 0.25) is 0 Å². The average molecular weight is 474 g/mol. The van der Waals surface area contributed by atoms with Gasteiger partial charge in [0.05, 0.1) is 33.6 Å². The molecule has 0 spiro atoms. The number of hydrogen-bond donors (Lipinski definition) is 0. The maximum absolute atomic E-state index is 13.3. The molecule has 0 aliphatic carbocycles. The molecule has 0 fully saturated rings. The fourth-order valence-electron chi connectivity index (χ4n) is 4.39. The van der Waals surface area contributed by atoms with Gasteiger partial charge in [-0.25, -0.2) is 9.80 Å². The molecule has 36 heavy (non-hydrogen) atoms. The molecule has 4 amide bonds. The number of carbonyl (C=O) groups is 5. The number of nitrogens with zero attached hydrogens (tertiary/aromatic N) is 4. The zero-order chi connectivity index (χ0) is 25.0. The molecule has 0 bridgehead atoms. The normalized spacial score (nSPS) is 14.3. The van der Waals surface area contributed by atoms with Gasteiger partial charge in [-0.1, -0.05) is 12.1 Å². The summed E-state index contributed by atoms with van der Waals surface area (Å²) in [5.74, 6) is -2.51. The summed E-state index contributed by atoms with van der Waals surface area (Å²) in [6, 6.07) is 14.8. The number of imide groups is 2. The highest BCUT2D eigenvalue weighted by Crippen LogP contribution is 2.31. The molecule has 0 radical (unpaired) electrons. The van der Waals surface area contributed by atoms with Gasteiger partial charge in [-0.2, -0.15) is 0 Å². The van der Waals surface area contributed by atoms with Gasteiger partial charge in [0.25, 0.3) is 23.6 Å². The van der Waals surface area contributed by atoms with Crippen LogP contribution in [0.25, 0.3) is 0 Å². The predicted octanol–water partition coefficient (Wildman–Crippen LogP) is 3.31. The lowest BCUT2D eigenvalue weighted by molar-refractivity contribution is 0.0910. The number of benzene rings is 2. The third-order valence-corrected chi connectivity index (χ3v) is 6.14. The van der Waals surface area contributed by atoms with E-state index >= 15 is 0 Å². The Hall–Kier alpha value is -5.31. The minimum Gasteiger partial charge on any atom is -0.289 e. The van der Waals surface area contributed by atoms with E-state index in [0.717, 1.165) is 9.80 Å². The van der Waals surface area contributed by atoms with E-state index in [-0.39, 0.29) is 33.4 Å². The van der Waals surface area contributed by atoms with Crippen LogP contribution in [0.4, 0.5) is 11.4 Å². The number of hydrogen-bond acceptors (Lipinski definition) is 7. The Bertz CT molecular complexity index is 1510. The summed E-state index contributed by atoms with van der Waals surface area (Å²) in [6.07, 6.45) is 5.90. The number of ketones is 1. The molecule has 6 rings (SSSR count). The smallest absolute Gasteiger partial charge is 0.266 e. The molecule has 0 atom stereocenters. The molecule has 4 heterocycles. The Morgan fingerprint density at radius 2 is 0.861 bits per heavy atom. The van der Waals surface area contributed by atoms with Crippen molar-refractivity contribution >= 4 is 40.8 Å². The second kappa shape index (κ2) is 7.88. The molecule has 0 unspecified atom stereocenters. The largest absolute Gasteiger partial charge is 0.289 e. The van der Waals surface area contributed by atoms with E-state index in [2.05, 4.69) is 9.97 Å². The zero-order valence-electron chi connectivity index (χ0n) is 18.4. The van der Waals surface area contributed by atoms with Gasteiger partial charge in [0, 0.05) is 35.9 Å². The Balaban J connectivity index is 1.33. The minimum absolute atomic E-state index is 0.110. The van der Waals surface area contributed by atoms with Gasteiger partial charge >= 0.3 is 0 Å². The fraction of sp³-hybridized carbons (Fsp3) is 0. The van der Waals surface area contributed by atoms with Crippen LogP contribution in [0.2, 0.25) is 0 Å². The molecule has 0 saturated carbocycles. The summed E-state index contributed by atoms with van der Waals surface area (Å²) < 4.78 is 0. The van der Waals surface area contributed by atoms with Crippen molar-refractivity contribution in [3.63, 3.8) is 0 Å². The number of fused-ring (bicyclic) bond motifs is 2. The Morgan fingerprint density at radius 1 is 0.500 bits per heavy atom. The molecule has 9 nitrogen and oxygen atoms in total. The molecule has 2 aliphatic heterocycles. The Kier molecular flexibility index (Phi) is 4.65. The molecule has 2 aromatic heterocycles. The quantitative estimate of drug-likeness (QED) is 0.329. The summed E-state index contributed by atoms with van der Waals surface area (Å²) in [5, 5.41) is 0. The van der Waals surface area contributed by atoms with Crippen LogP contribution in [-0.2, 0) is 0 Å². The maximum Gasteiger partial charge on any atom is 0.266 e. The van der Waals surface area contributed by atoms with Crippen molar-refractivity contribution < 1.29 is 24.0 Å². The van der Waals surface area contributed by atoms with E-state index < -0.39 is 29.4 Å². The molecule has 0 saturated heterocycles. The minimum atomic E-state index is -0.543. The van der Waals surface area contributed by atoms with Crippen LogP contribution in [0.5, 0.6) is 0 Å². The summed E-state index contributed by atoms with van der Waals surface area (Å²) in [4.78, 5) is 74.8. The first-order valence-corrected chi connectivity index (χ1v) is 10.9. The van der Waals surface area contributed by atoms with Gasteiger partial charge in [-0.15, -0.1) is 0 Å². The van der Waals surface area contributed by atoms with Gasteiger partial charge in [-0.3, -0.25) is 33.9 Å². The number of rotatable bonds is 4. The van der Waals surface area contributed by atoms with Crippen LogP contribution >= 0.6 is 0 Å². The predicted molar refractivity (Wildman–Crippen MR) is 127 cm³/mol. The third-order valence-electron chi connectivity index (χ3n) is 6.14. The monoisotopic (exact) mass is 474 g/mol. The Morgan fingerprint density at radius 3 is 1.25 bits per heavy atom. The third kappa shape index (κ3) is 3.07. The van der Waals surface area contributed by atoms with Crippen molar-refractivity contribution in [2.24, 2.45) is 0 Å². The molecular weight excluding hydrogens is 460 g/mol. The van der Waals surface area contributed by atoms with E-state index in [9.17, 15) is 24.0 Å². The van der Waals surface area contributed by atoms with Crippen molar-refractivity contribution in [3.8, 4) is 0 Å². The van der Waals surface area contributed by atoms with E-state index in [1.54, 1.807) is 24.3 Å². The van der Waals surface area contributed by atoms with E-state index in [4.69, 9.17) is 0 Å². The highest BCUT2D eigenvalue weighted by Gasteiger charge is 2.39. The van der Waals surface area contributed by atoms with Crippen molar-refractivity contribution in [2.45, 2.75) is 0 Å². The van der Waals surface area contributed by atoms with Crippen LogP contribution in [0.3, 0.4) is 0 Å². The highest BCUT2D eigenvalue weighted by molar-refractivity contribution is 6.36. The lowest BCUT2D eigenvalue weighted by atomic mass is 9.96. The van der Waals surface area contributed by atoms with Crippen molar-refractivity contribution in [2.75, 3.05) is 9.80 Å². The van der Waals surface area contributed by atoms with Crippen LogP contribution in [0, 0.1) is 0 Å². The number of amides is 4. The molecule has 0 N–H and O–H groups in total. The van der Waals surface area contributed by atoms with Crippen molar-refractivity contribution in [1.82, 2.24) is 9.97 Å². The molecular formula is C27H14N4O5. The van der Waals surface area contributed by atoms with Crippen LogP contribution in [-0.4, -0.2) is 39.4 Å². The van der Waals surface area contributed by atoms with Crippen LogP contribution in [0.15, 0.2) is 85.5 Å². The number of anilines is 2. The second-order valence-corrected chi connectivity index (χ2v) is 8.15. The first-order chi connectivity index (χ1) is 17.5. The molecule has 172 valence electrons. The number of carbonyl (C=O) groups excluding carboxylic acids is 5. The van der Waals surface area contributed by atoms with Crippen molar-refractivity contribution in [3.05, 3.63) is 119 Å². The van der Waals surface area contributed by atoms with Crippen LogP contribution < -0.4 is 9.80 Å². The first-order valence-electron chi connectivity index (χ1n) is 10.9. The standard InChI is InChI=1S/C27H14N4O5/c32-23(15-1-3-19-21(13-15)26(35)30(24(19)33)17-5-9-28-10-6-17)16-2-4-20-22(14-16)27(36)31(25(20)34)18-7-11-29-12-8-18/h1-14H. The lowest BCUT2D eigenvalue weighted by Crippen LogP contribution is -2.29. The average Bonchev–Trinajstić information content (AvgIpc) is 3.32. The van der Waals surface area contributed by atoms with Crippen molar-refractivity contribution in [1.29, 1.82) is 0 Å². The Labute approximate surface area is 203 Å². The molecule has 2 aliphatic rings. The topological polar surface area (TPSA) is 118 Å². The SMILES string of the molecule is O=C(c1ccc2c(c1)C(=O)N(c1ccncc1)C2=O)c1ccc2c(c1)C(=O)N(c1ccncc1)C2=O. The first kappa shape index (κ1) is 21.2. The van der Waals surface area contributed by atoms with Gasteiger partial charge in [-0.05, 0) is 48.5 Å².